The molecule has 126 valence electrons. The standard InChI is InChI=1S/C18H23N5O/c19-18-20-16-7-10-22(12-15(16)17(24)21-18)11-13-3-5-14(6-4-13)23-8-1-2-9-23/h3-6H,1-2,7-12H2,(H3,19,20,21,24). The van der Waals surface area contributed by atoms with E-state index in [9.17, 15) is 4.79 Å². The van der Waals surface area contributed by atoms with Gasteiger partial charge in [0.2, 0.25) is 5.95 Å². The van der Waals surface area contributed by atoms with Crippen LogP contribution in [0.15, 0.2) is 29.1 Å². The van der Waals surface area contributed by atoms with Gasteiger partial charge in [-0.05, 0) is 30.5 Å². The van der Waals surface area contributed by atoms with Gasteiger partial charge in [0.25, 0.3) is 5.56 Å². The third-order valence-electron chi connectivity index (χ3n) is 4.98. The van der Waals surface area contributed by atoms with Crippen molar-refractivity contribution in [1.29, 1.82) is 0 Å². The molecule has 6 heteroatoms. The summed E-state index contributed by atoms with van der Waals surface area (Å²) < 4.78 is 0. The Kier molecular flexibility index (Phi) is 3.98. The number of aromatic amines is 1. The molecule has 2 aliphatic rings. The molecule has 0 spiro atoms. The third kappa shape index (κ3) is 3.01. The number of hydrogen-bond acceptors (Lipinski definition) is 5. The molecule has 0 saturated carbocycles. The molecule has 24 heavy (non-hydrogen) atoms. The van der Waals surface area contributed by atoms with E-state index in [-0.39, 0.29) is 11.5 Å². The van der Waals surface area contributed by atoms with E-state index in [1.165, 1.54) is 37.2 Å². The van der Waals surface area contributed by atoms with Crippen molar-refractivity contribution in [3.8, 4) is 0 Å². The average molecular weight is 325 g/mol. The van der Waals surface area contributed by atoms with Gasteiger partial charge in [-0.3, -0.25) is 14.7 Å². The lowest BCUT2D eigenvalue weighted by Crippen LogP contribution is -2.35. The van der Waals surface area contributed by atoms with E-state index in [1.807, 2.05) is 0 Å². The molecule has 4 rings (SSSR count). The Labute approximate surface area is 141 Å². The molecule has 2 aromatic rings. The van der Waals surface area contributed by atoms with E-state index in [2.05, 4.69) is 44.0 Å². The van der Waals surface area contributed by atoms with Crippen LogP contribution >= 0.6 is 0 Å². The average Bonchev–Trinajstić information content (AvgIpc) is 3.11. The first kappa shape index (κ1) is 15.2. The largest absolute Gasteiger partial charge is 0.372 e. The molecule has 1 aromatic carbocycles. The number of fused-ring (bicyclic) bond motifs is 1. The predicted octanol–water partition coefficient (Wildman–Crippen LogP) is 1.51. The molecular weight excluding hydrogens is 302 g/mol. The van der Waals surface area contributed by atoms with Gasteiger partial charge < -0.3 is 10.6 Å². The molecule has 1 saturated heterocycles. The van der Waals surface area contributed by atoms with E-state index in [1.54, 1.807) is 0 Å². The smallest absolute Gasteiger partial charge is 0.257 e. The van der Waals surface area contributed by atoms with Crippen LogP contribution in [0, 0.1) is 0 Å². The van der Waals surface area contributed by atoms with Crippen LogP contribution in [0.3, 0.4) is 0 Å². The van der Waals surface area contributed by atoms with Gasteiger partial charge in [-0.25, -0.2) is 4.98 Å². The molecule has 1 aromatic heterocycles. The van der Waals surface area contributed by atoms with Crippen molar-refractivity contribution in [2.75, 3.05) is 30.3 Å². The van der Waals surface area contributed by atoms with Crippen molar-refractivity contribution in [3.05, 3.63) is 51.4 Å². The SMILES string of the molecule is Nc1nc2c(c(=O)[nH]1)CN(Cc1ccc(N3CCCC3)cc1)CC2. The van der Waals surface area contributed by atoms with Crippen LogP contribution in [0.25, 0.3) is 0 Å². The summed E-state index contributed by atoms with van der Waals surface area (Å²) in [6.45, 7) is 4.72. The van der Waals surface area contributed by atoms with Gasteiger partial charge in [0.1, 0.15) is 0 Å². The molecule has 0 bridgehead atoms. The molecule has 0 amide bonds. The number of nitrogens with zero attached hydrogens (tertiary/aromatic N) is 3. The first-order chi connectivity index (χ1) is 11.7. The molecule has 3 heterocycles. The summed E-state index contributed by atoms with van der Waals surface area (Å²) in [6.07, 6.45) is 3.36. The van der Waals surface area contributed by atoms with Gasteiger partial charge in [-0.2, -0.15) is 0 Å². The van der Waals surface area contributed by atoms with Gasteiger partial charge in [-0.15, -0.1) is 0 Å². The molecule has 0 atom stereocenters. The zero-order valence-corrected chi connectivity index (χ0v) is 13.8. The van der Waals surface area contributed by atoms with E-state index in [0.717, 1.165) is 30.8 Å². The highest BCUT2D eigenvalue weighted by atomic mass is 16.1. The Morgan fingerprint density at radius 1 is 1.12 bits per heavy atom. The van der Waals surface area contributed by atoms with Crippen LogP contribution < -0.4 is 16.2 Å². The summed E-state index contributed by atoms with van der Waals surface area (Å²) in [5.74, 6) is 0.213. The molecule has 0 radical (unpaired) electrons. The van der Waals surface area contributed by atoms with Crippen LogP contribution in [0.2, 0.25) is 0 Å². The van der Waals surface area contributed by atoms with Crippen LogP contribution in [0.1, 0.15) is 29.7 Å². The predicted molar refractivity (Wildman–Crippen MR) is 95.0 cm³/mol. The number of anilines is 2. The van der Waals surface area contributed by atoms with Crippen LogP contribution in [0.5, 0.6) is 0 Å². The summed E-state index contributed by atoms with van der Waals surface area (Å²) in [7, 11) is 0. The maximum Gasteiger partial charge on any atom is 0.257 e. The minimum Gasteiger partial charge on any atom is -0.372 e. The number of nitrogens with one attached hydrogen (secondary N) is 1. The lowest BCUT2D eigenvalue weighted by atomic mass is 10.1. The van der Waals surface area contributed by atoms with Crippen molar-refractivity contribution in [3.63, 3.8) is 0 Å². The number of hydrogen-bond donors (Lipinski definition) is 2. The second kappa shape index (κ2) is 6.28. The van der Waals surface area contributed by atoms with Crippen LogP contribution in [-0.2, 0) is 19.5 Å². The normalized spacial score (nSPS) is 17.9. The zero-order chi connectivity index (χ0) is 16.5. The molecule has 1 fully saturated rings. The maximum absolute atomic E-state index is 12.1. The quantitative estimate of drug-likeness (QED) is 0.894. The number of aromatic nitrogens is 2. The molecule has 6 nitrogen and oxygen atoms in total. The summed E-state index contributed by atoms with van der Waals surface area (Å²) in [6, 6.07) is 8.84. The van der Waals surface area contributed by atoms with E-state index < -0.39 is 0 Å². The summed E-state index contributed by atoms with van der Waals surface area (Å²) in [5, 5.41) is 0. The minimum absolute atomic E-state index is 0.105. The fraction of sp³-hybridized carbons (Fsp3) is 0.444. The molecular formula is C18H23N5O. The third-order valence-corrected chi connectivity index (χ3v) is 4.98. The number of nitrogen functional groups attached to an aromatic ring is 1. The molecule has 3 N–H and O–H groups in total. The van der Waals surface area contributed by atoms with Crippen molar-refractivity contribution in [2.45, 2.75) is 32.4 Å². The van der Waals surface area contributed by atoms with E-state index >= 15 is 0 Å². The first-order valence-electron chi connectivity index (χ1n) is 8.63. The topological polar surface area (TPSA) is 78.2 Å². The first-order valence-corrected chi connectivity index (χ1v) is 8.63. The number of rotatable bonds is 3. The van der Waals surface area contributed by atoms with Gasteiger partial charge in [0, 0.05) is 44.8 Å². The lowest BCUT2D eigenvalue weighted by molar-refractivity contribution is 0.242. The van der Waals surface area contributed by atoms with E-state index in [0.29, 0.717) is 6.54 Å². The number of H-pyrrole nitrogens is 1. The highest BCUT2D eigenvalue weighted by molar-refractivity contribution is 5.48. The second-order valence-electron chi connectivity index (χ2n) is 6.70. The van der Waals surface area contributed by atoms with Gasteiger partial charge in [0.05, 0.1) is 11.3 Å². The number of benzene rings is 1. The second-order valence-corrected chi connectivity index (χ2v) is 6.70. The van der Waals surface area contributed by atoms with Crippen molar-refractivity contribution < 1.29 is 0 Å². The van der Waals surface area contributed by atoms with Gasteiger partial charge in [0.15, 0.2) is 0 Å². The van der Waals surface area contributed by atoms with Crippen LogP contribution in [-0.4, -0.2) is 34.5 Å². The summed E-state index contributed by atoms with van der Waals surface area (Å²) in [5.41, 5.74) is 9.71. The monoisotopic (exact) mass is 325 g/mol. The number of nitrogens with two attached hydrogens (primary N) is 1. The Bertz CT molecular complexity index is 777. The Morgan fingerprint density at radius 3 is 2.62 bits per heavy atom. The van der Waals surface area contributed by atoms with Crippen molar-refractivity contribution in [1.82, 2.24) is 14.9 Å². The van der Waals surface area contributed by atoms with Gasteiger partial charge in [-0.1, -0.05) is 12.1 Å². The maximum atomic E-state index is 12.1. The summed E-state index contributed by atoms with van der Waals surface area (Å²) in [4.78, 5) is 23.7. The minimum atomic E-state index is -0.105. The van der Waals surface area contributed by atoms with Crippen LogP contribution in [0.4, 0.5) is 11.6 Å². The lowest BCUT2D eigenvalue weighted by Gasteiger charge is -2.27. The van der Waals surface area contributed by atoms with Gasteiger partial charge >= 0.3 is 0 Å². The highest BCUT2D eigenvalue weighted by Gasteiger charge is 2.21. The molecule has 2 aliphatic heterocycles. The van der Waals surface area contributed by atoms with Crippen molar-refractivity contribution in [2.24, 2.45) is 0 Å². The Balaban J connectivity index is 1.45. The zero-order valence-electron chi connectivity index (χ0n) is 13.8. The van der Waals surface area contributed by atoms with E-state index in [4.69, 9.17) is 5.73 Å². The Morgan fingerprint density at radius 2 is 1.88 bits per heavy atom. The fourth-order valence-corrected chi connectivity index (χ4v) is 3.68. The highest BCUT2D eigenvalue weighted by Crippen LogP contribution is 2.22. The molecule has 0 aliphatic carbocycles. The Hall–Kier alpha value is -2.34. The molecule has 0 unspecified atom stereocenters. The summed E-state index contributed by atoms with van der Waals surface area (Å²) >= 11 is 0. The van der Waals surface area contributed by atoms with Crippen molar-refractivity contribution >= 4 is 11.6 Å². The fourth-order valence-electron chi connectivity index (χ4n) is 3.68.